The van der Waals surface area contributed by atoms with Crippen LogP contribution in [0.2, 0.25) is 0 Å². The second-order valence-corrected chi connectivity index (χ2v) is 3.75. The molecule has 1 saturated heterocycles. The van der Waals surface area contributed by atoms with E-state index in [9.17, 15) is 4.79 Å². The molecule has 16 heavy (non-hydrogen) atoms. The van der Waals surface area contributed by atoms with Gasteiger partial charge in [-0.05, 0) is 6.07 Å². The first kappa shape index (κ1) is 11.1. The first-order valence-electron chi connectivity index (χ1n) is 4.98. The quantitative estimate of drug-likeness (QED) is 0.561. The third-order valence-corrected chi connectivity index (χ3v) is 2.62. The van der Waals surface area contributed by atoms with Crippen LogP contribution in [0, 0.1) is 0 Å². The molecule has 3 atom stereocenters. The van der Waals surface area contributed by atoms with Crippen LogP contribution in [0.3, 0.4) is 0 Å². The molecule has 0 amide bonds. The fourth-order valence-corrected chi connectivity index (χ4v) is 1.75. The summed E-state index contributed by atoms with van der Waals surface area (Å²) in [4.78, 5) is 15.1. The van der Waals surface area contributed by atoms with Crippen LogP contribution in [0.15, 0.2) is 17.1 Å². The SMILES string of the molecule is Nc1ccn([C@H]2C[C@@H](N)C(CO)O2)c(=O)n1. The van der Waals surface area contributed by atoms with Gasteiger partial charge in [0.1, 0.15) is 12.0 Å². The first-order valence-corrected chi connectivity index (χ1v) is 4.98. The monoisotopic (exact) mass is 226 g/mol. The van der Waals surface area contributed by atoms with Crippen molar-refractivity contribution < 1.29 is 9.84 Å². The highest BCUT2D eigenvalue weighted by molar-refractivity contribution is 5.23. The third-order valence-electron chi connectivity index (χ3n) is 2.62. The Bertz CT molecular complexity index is 433. The van der Waals surface area contributed by atoms with E-state index in [2.05, 4.69) is 4.98 Å². The molecule has 1 aromatic heterocycles. The van der Waals surface area contributed by atoms with Gasteiger partial charge in [-0.15, -0.1) is 0 Å². The van der Waals surface area contributed by atoms with E-state index < -0.39 is 18.0 Å². The minimum absolute atomic E-state index is 0.158. The predicted molar refractivity (Wildman–Crippen MR) is 56.5 cm³/mol. The zero-order valence-corrected chi connectivity index (χ0v) is 8.61. The van der Waals surface area contributed by atoms with E-state index in [1.807, 2.05) is 0 Å². The highest BCUT2D eigenvalue weighted by Crippen LogP contribution is 2.25. The van der Waals surface area contributed by atoms with E-state index in [1.165, 1.54) is 16.8 Å². The van der Waals surface area contributed by atoms with Crippen LogP contribution < -0.4 is 17.2 Å². The summed E-state index contributed by atoms with van der Waals surface area (Å²) in [6, 6.07) is 1.24. The summed E-state index contributed by atoms with van der Waals surface area (Å²) in [5.74, 6) is 0.169. The number of aromatic nitrogens is 2. The standard InChI is InChI=1S/C9H14N4O3/c10-5-3-8(16-6(5)4-14)13-2-1-7(11)12-9(13)15/h1-2,5-6,8,14H,3-4,10H2,(H2,11,12,15)/t5-,6?,8-/m1/s1. The Kier molecular flexibility index (Phi) is 2.90. The molecule has 1 fully saturated rings. The lowest BCUT2D eigenvalue weighted by atomic mass is 10.1. The Labute approximate surface area is 91.6 Å². The molecule has 0 radical (unpaired) electrons. The van der Waals surface area contributed by atoms with Gasteiger partial charge in [0.15, 0.2) is 0 Å². The second kappa shape index (κ2) is 4.20. The van der Waals surface area contributed by atoms with Crippen LogP contribution in [0.25, 0.3) is 0 Å². The summed E-state index contributed by atoms with van der Waals surface area (Å²) >= 11 is 0. The van der Waals surface area contributed by atoms with Crippen molar-refractivity contribution in [2.45, 2.75) is 24.8 Å². The lowest BCUT2D eigenvalue weighted by Gasteiger charge is -2.14. The maximum absolute atomic E-state index is 11.5. The van der Waals surface area contributed by atoms with Gasteiger partial charge in [0.05, 0.1) is 12.7 Å². The molecular formula is C9H14N4O3. The number of aliphatic hydroxyl groups is 1. The minimum atomic E-state index is -0.479. The lowest BCUT2D eigenvalue weighted by molar-refractivity contribution is -0.0270. The van der Waals surface area contributed by atoms with Crippen LogP contribution in [0.4, 0.5) is 5.82 Å². The van der Waals surface area contributed by atoms with Gasteiger partial charge in [-0.25, -0.2) is 4.79 Å². The van der Waals surface area contributed by atoms with Crippen molar-refractivity contribution in [2.75, 3.05) is 12.3 Å². The summed E-state index contributed by atoms with van der Waals surface area (Å²) in [6.45, 7) is -0.158. The molecule has 88 valence electrons. The lowest BCUT2D eigenvalue weighted by Crippen LogP contribution is -2.32. The van der Waals surface area contributed by atoms with E-state index in [1.54, 1.807) is 0 Å². The summed E-state index contributed by atoms with van der Waals surface area (Å²) < 4.78 is 6.76. The zero-order valence-electron chi connectivity index (χ0n) is 8.61. The molecule has 1 aliphatic rings. The average Bonchev–Trinajstić information content (AvgIpc) is 2.59. The van der Waals surface area contributed by atoms with Gasteiger partial charge in [-0.3, -0.25) is 4.57 Å². The second-order valence-electron chi connectivity index (χ2n) is 3.75. The summed E-state index contributed by atoms with van der Waals surface area (Å²) in [5, 5.41) is 8.99. The molecule has 0 aliphatic carbocycles. The number of nitrogen functional groups attached to an aromatic ring is 1. The van der Waals surface area contributed by atoms with Crippen LogP contribution >= 0.6 is 0 Å². The number of anilines is 1. The summed E-state index contributed by atoms with van der Waals surface area (Å²) in [6.07, 6.45) is 1.07. The number of nitrogens with two attached hydrogens (primary N) is 2. The van der Waals surface area contributed by atoms with Crippen LogP contribution in [-0.2, 0) is 4.74 Å². The number of ether oxygens (including phenoxy) is 1. The zero-order chi connectivity index (χ0) is 11.7. The largest absolute Gasteiger partial charge is 0.394 e. The smallest absolute Gasteiger partial charge is 0.351 e. The molecule has 0 aromatic carbocycles. The fourth-order valence-electron chi connectivity index (χ4n) is 1.75. The van der Waals surface area contributed by atoms with Gasteiger partial charge >= 0.3 is 5.69 Å². The molecule has 5 N–H and O–H groups in total. The van der Waals surface area contributed by atoms with Gasteiger partial charge in [0, 0.05) is 18.7 Å². The van der Waals surface area contributed by atoms with E-state index in [0.29, 0.717) is 6.42 Å². The summed E-state index contributed by atoms with van der Waals surface area (Å²) in [5.41, 5.74) is 10.7. The molecule has 2 rings (SSSR count). The molecule has 1 aliphatic heterocycles. The van der Waals surface area contributed by atoms with Crippen molar-refractivity contribution in [1.82, 2.24) is 9.55 Å². The Morgan fingerprint density at radius 3 is 3.00 bits per heavy atom. The molecular weight excluding hydrogens is 212 g/mol. The number of hydrogen-bond donors (Lipinski definition) is 3. The van der Waals surface area contributed by atoms with Gasteiger partial charge in [0.25, 0.3) is 0 Å². The molecule has 0 saturated carbocycles. The molecule has 2 heterocycles. The normalized spacial score (nSPS) is 29.5. The summed E-state index contributed by atoms with van der Waals surface area (Å²) in [7, 11) is 0. The van der Waals surface area contributed by atoms with Gasteiger partial charge in [-0.1, -0.05) is 0 Å². The van der Waals surface area contributed by atoms with Crippen molar-refractivity contribution in [3.8, 4) is 0 Å². The molecule has 0 bridgehead atoms. The van der Waals surface area contributed by atoms with Crippen LogP contribution in [0.5, 0.6) is 0 Å². The van der Waals surface area contributed by atoms with Crippen LogP contribution in [-0.4, -0.2) is 33.4 Å². The highest BCUT2D eigenvalue weighted by Gasteiger charge is 2.33. The Hall–Kier alpha value is -1.44. The maximum Gasteiger partial charge on any atom is 0.351 e. The molecule has 1 aromatic rings. The maximum atomic E-state index is 11.5. The molecule has 7 heteroatoms. The molecule has 1 unspecified atom stereocenters. The Balaban J connectivity index is 2.23. The van der Waals surface area contributed by atoms with Gasteiger partial charge in [0.2, 0.25) is 0 Å². The molecule has 0 spiro atoms. The Morgan fingerprint density at radius 1 is 1.69 bits per heavy atom. The number of hydrogen-bond acceptors (Lipinski definition) is 6. The minimum Gasteiger partial charge on any atom is -0.394 e. The van der Waals surface area contributed by atoms with Crippen molar-refractivity contribution in [3.05, 3.63) is 22.7 Å². The number of aliphatic hydroxyl groups excluding tert-OH is 1. The van der Waals surface area contributed by atoms with Crippen molar-refractivity contribution >= 4 is 5.82 Å². The number of rotatable bonds is 2. The van der Waals surface area contributed by atoms with Gasteiger partial charge < -0.3 is 21.3 Å². The number of nitrogens with zero attached hydrogens (tertiary/aromatic N) is 2. The van der Waals surface area contributed by atoms with E-state index >= 15 is 0 Å². The van der Waals surface area contributed by atoms with E-state index in [4.69, 9.17) is 21.3 Å². The van der Waals surface area contributed by atoms with Gasteiger partial charge in [-0.2, -0.15) is 4.98 Å². The Morgan fingerprint density at radius 2 is 2.44 bits per heavy atom. The van der Waals surface area contributed by atoms with Crippen LogP contribution in [0.1, 0.15) is 12.6 Å². The van der Waals surface area contributed by atoms with E-state index in [-0.39, 0.29) is 18.5 Å². The van der Waals surface area contributed by atoms with Crippen molar-refractivity contribution in [1.29, 1.82) is 0 Å². The first-order chi connectivity index (χ1) is 7.61. The predicted octanol–water partition coefficient (Wildman–Crippen LogP) is -1.57. The average molecular weight is 226 g/mol. The highest BCUT2D eigenvalue weighted by atomic mass is 16.5. The van der Waals surface area contributed by atoms with Crippen molar-refractivity contribution in [2.24, 2.45) is 5.73 Å². The van der Waals surface area contributed by atoms with Crippen molar-refractivity contribution in [3.63, 3.8) is 0 Å². The van der Waals surface area contributed by atoms with E-state index in [0.717, 1.165) is 0 Å². The molecule has 7 nitrogen and oxygen atoms in total. The topological polar surface area (TPSA) is 116 Å². The fraction of sp³-hybridized carbons (Fsp3) is 0.556. The third kappa shape index (κ3) is 1.92.